The second-order valence-electron chi connectivity index (χ2n) is 4.53. The summed E-state index contributed by atoms with van der Waals surface area (Å²) >= 11 is 0. The molecule has 0 unspecified atom stereocenters. The summed E-state index contributed by atoms with van der Waals surface area (Å²) in [6.45, 7) is -1.42. The Morgan fingerprint density at radius 1 is 1.13 bits per heavy atom. The van der Waals surface area contributed by atoms with Crippen molar-refractivity contribution < 1.29 is 23.4 Å². The summed E-state index contributed by atoms with van der Waals surface area (Å²) in [5.41, 5.74) is 2.93. The molecule has 0 saturated carbocycles. The standard InChI is InChI=1S/C16H14F2N2O3/c1-10(11-6-3-5-9-14(11)23-16(17)18)19-20-15(22)12-7-2-4-8-13(12)21/h2-9,16,21H,1H3,(H,20,22). The molecule has 0 aromatic heterocycles. The number of nitrogens with zero attached hydrogens (tertiary/aromatic N) is 1. The number of aromatic hydroxyl groups is 1. The molecular formula is C16H14F2N2O3. The highest BCUT2D eigenvalue weighted by atomic mass is 19.3. The van der Waals surface area contributed by atoms with Crippen LogP contribution in [0, 0.1) is 0 Å². The number of ether oxygens (including phenoxy) is 1. The lowest BCUT2D eigenvalue weighted by Gasteiger charge is -2.10. The molecule has 7 heteroatoms. The van der Waals surface area contributed by atoms with Crippen LogP contribution in [-0.2, 0) is 0 Å². The molecule has 0 saturated heterocycles. The Morgan fingerprint density at radius 3 is 2.39 bits per heavy atom. The molecule has 1 amide bonds. The Hall–Kier alpha value is -2.96. The molecule has 0 bridgehead atoms. The number of hydrazone groups is 1. The third-order valence-corrected chi connectivity index (χ3v) is 2.97. The van der Waals surface area contributed by atoms with Gasteiger partial charge in [0.2, 0.25) is 0 Å². The average Bonchev–Trinajstić information content (AvgIpc) is 2.52. The minimum Gasteiger partial charge on any atom is -0.507 e. The predicted molar refractivity (Wildman–Crippen MR) is 80.9 cm³/mol. The minimum atomic E-state index is -2.96. The zero-order valence-electron chi connectivity index (χ0n) is 12.2. The van der Waals surface area contributed by atoms with Crippen molar-refractivity contribution in [3.8, 4) is 11.5 Å². The fourth-order valence-electron chi connectivity index (χ4n) is 1.89. The maximum Gasteiger partial charge on any atom is 0.387 e. The first-order chi connectivity index (χ1) is 11.0. The van der Waals surface area contributed by atoms with E-state index in [-0.39, 0.29) is 22.8 Å². The van der Waals surface area contributed by atoms with E-state index in [0.29, 0.717) is 5.56 Å². The van der Waals surface area contributed by atoms with Crippen molar-refractivity contribution in [2.45, 2.75) is 13.5 Å². The van der Waals surface area contributed by atoms with Crippen molar-refractivity contribution in [2.24, 2.45) is 5.10 Å². The highest BCUT2D eigenvalue weighted by molar-refractivity contribution is 6.03. The normalized spacial score (nSPS) is 11.4. The first-order valence-corrected chi connectivity index (χ1v) is 6.66. The molecule has 0 heterocycles. The van der Waals surface area contributed by atoms with Crippen LogP contribution in [0.15, 0.2) is 53.6 Å². The van der Waals surface area contributed by atoms with Gasteiger partial charge in [-0.15, -0.1) is 0 Å². The molecule has 0 spiro atoms. The maximum absolute atomic E-state index is 12.4. The third-order valence-electron chi connectivity index (χ3n) is 2.97. The van der Waals surface area contributed by atoms with Gasteiger partial charge >= 0.3 is 6.61 Å². The summed E-state index contributed by atoms with van der Waals surface area (Å²) in [6, 6.07) is 12.1. The second-order valence-corrected chi connectivity index (χ2v) is 4.53. The molecule has 0 aliphatic rings. The number of alkyl halides is 2. The number of nitrogens with one attached hydrogen (secondary N) is 1. The first-order valence-electron chi connectivity index (χ1n) is 6.66. The number of benzene rings is 2. The Morgan fingerprint density at radius 2 is 1.74 bits per heavy atom. The van der Waals surface area contributed by atoms with Gasteiger partial charge in [0.15, 0.2) is 0 Å². The van der Waals surface area contributed by atoms with Gasteiger partial charge in [-0.3, -0.25) is 4.79 Å². The molecule has 2 N–H and O–H groups in total. The van der Waals surface area contributed by atoms with Crippen LogP contribution in [0.25, 0.3) is 0 Å². The van der Waals surface area contributed by atoms with Crippen molar-refractivity contribution >= 4 is 11.6 Å². The fourth-order valence-corrected chi connectivity index (χ4v) is 1.89. The lowest BCUT2D eigenvalue weighted by atomic mass is 10.1. The van der Waals surface area contributed by atoms with Crippen LogP contribution >= 0.6 is 0 Å². The summed E-state index contributed by atoms with van der Waals surface area (Å²) in [7, 11) is 0. The van der Waals surface area contributed by atoms with Crippen LogP contribution < -0.4 is 10.2 Å². The zero-order chi connectivity index (χ0) is 16.8. The van der Waals surface area contributed by atoms with Gasteiger partial charge < -0.3 is 9.84 Å². The van der Waals surface area contributed by atoms with Gasteiger partial charge in [0.1, 0.15) is 11.5 Å². The smallest absolute Gasteiger partial charge is 0.387 e. The van der Waals surface area contributed by atoms with Crippen LogP contribution in [0.4, 0.5) is 8.78 Å². The van der Waals surface area contributed by atoms with E-state index in [1.54, 1.807) is 37.3 Å². The molecule has 2 aromatic carbocycles. The number of carbonyl (C=O) groups excluding carboxylic acids is 1. The number of phenolic OH excluding ortho intramolecular Hbond substituents is 1. The van der Waals surface area contributed by atoms with E-state index in [4.69, 9.17) is 0 Å². The van der Waals surface area contributed by atoms with Crippen molar-refractivity contribution in [1.82, 2.24) is 5.43 Å². The Labute approximate surface area is 131 Å². The lowest BCUT2D eigenvalue weighted by Crippen LogP contribution is -2.19. The van der Waals surface area contributed by atoms with Gasteiger partial charge in [-0.2, -0.15) is 13.9 Å². The fraction of sp³-hybridized carbons (Fsp3) is 0.125. The Kier molecular flexibility index (Phi) is 5.24. The molecule has 0 atom stereocenters. The molecule has 5 nitrogen and oxygen atoms in total. The molecule has 120 valence electrons. The van der Waals surface area contributed by atoms with E-state index in [1.807, 2.05) is 0 Å². The zero-order valence-corrected chi connectivity index (χ0v) is 12.2. The van der Waals surface area contributed by atoms with Crippen molar-refractivity contribution in [3.05, 3.63) is 59.7 Å². The number of phenols is 1. The van der Waals surface area contributed by atoms with E-state index in [0.717, 1.165) is 0 Å². The topological polar surface area (TPSA) is 70.9 Å². The van der Waals surface area contributed by atoms with E-state index in [2.05, 4.69) is 15.3 Å². The molecule has 0 aliphatic heterocycles. The van der Waals surface area contributed by atoms with Crippen LogP contribution in [0.2, 0.25) is 0 Å². The number of hydrogen-bond acceptors (Lipinski definition) is 4. The SMILES string of the molecule is CC(=NNC(=O)c1ccccc1O)c1ccccc1OC(F)F. The summed E-state index contributed by atoms with van der Waals surface area (Å²) < 4.78 is 29.2. The van der Waals surface area contributed by atoms with E-state index in [1.165, 1.54) is 18.2 Å². The van der Waals surface area contributed by atoms with Gasteiger partial charge in [-0.1, -0.05) is 24.3 Å². The highest BCUT2D eigenvalue weighted by Gasteiger charge is 2.13. The van der Waals surface area contributed by atoms with Crippen LogP contribution in [-0.4, -0.2) is 23.3 Å². The van der Waals surface area contributed by atoms with Gasteiger partial charge in [0, 0.05) is 5.56 Å². The number of rotatable bonds is 5. The van der Waals surface area contributed by atoms with Crippen LogP contribution in [0.3, 0.4) is 0 Å². The van der Waals surface area contributed by atoms with Crippen molar-refractivity contribution in [2.75, 3.05) is 0 Å². The quantitative estimate of drug-likeness (QED) is 0.657. The minimum absolute atomic E-state index is 0.0412. The lowest BCUT2D eigenvalue weighted by molar-refractivity contribution is -0.0499. The highest BCUT2D eigenvalue weighted by Crippen LogP contribution is 2.21. The summed E-state index contributed by atoms with van der Waals surface area (Å²) in [6.07, 6.45) is 0. The second kappa shape index (κ2) is 7.35. The number of para-hydroxylation sites is 2. The Balaban J connectivity index is 2.18. The molecule has 0 radical (unpaired) electrons. The number of halogens is 2. The van der Waals surface area contributed by atoms with Crippen LogP contribution in [0.5, 0.6) is 11.5 Å². The van der Waals surface area contributed by atoms with Crippen molar-refractivity contribution in [3.63, 3.8) is 0 Å². The number of amides is 1. The first kappa shape index (κ1) is 16.4. The largest absolute Gasteiger partial charge is 0.507 e. The summed E-state index contributed by atoms with van der Waals surface area (Å²) in [4.78, 5) is 11.9. The Bertz CT molecular complexity index is 733. The van der Waals surface area contributed by atoms with Gasteiger partial charge in [-0.25, -0.2) is 5.43 Å². The average molecular weight is 320 g/mol. The molecule has 2 rings (SSSR count). The third kappa shape index (κ3) is 4.26. The molecular weight excluding hydrogens is 306 g/mol. The summed E-state index contributed by atoms with van der Waals surface area (Å²) in [5.74, 6) is -0.838. The van der Waals surface area contributed by atoms with E-state index < -0.39 is 12.5 Å². The van der Waals surface area contributed by atoms with Gasteiger partial charge in [-0.05, 0) is 31.2 Å². The molecule has 23 heavy (non-hydrogen) atoms. The van der Waals surface area contributed by atoms with E-state index >= 15 is 0 Å². The van der Waals surface area contributed by atoms with Crippen molar-refractivity contribution in [1.29, 1.82) is 0 Å². The van der Waals surface area contributed by atoms with Crippen LogP contribution in [0.1, 0.15) is 22.8 Å². The monoisotopic (exact) mass is 320 g/mol. The predicted octanol–water partition coefficient (Wildman–Crippen LogP) is 3.15. The summed E-state index contributed by atoms with van der Waals surface area (Å²) in [5, 5.41) is 13.5. The maximum atomic E-state index is 12.4. The van der Waals surface area contributed by atoms with Gasteiger partial charge in [0.05, 0.1) is 11.3 Å². The van der Waals surface area contributed by atoms with Gasteiger partial charge in [0.25, 0.3) is 5.91 Å². The molecule has 0 aliphatic carbocycles. The van der Waals surface area contributed by atoms with E-state index in [9.17, 15) is 18.7 Å². The number of hydrogen-bond donors (Lipinski definition) is 2. The molecule has 0 fully saturated rings. The number of carbonyl (C=O) groups is 1. The molecule has 2 aromatic rings.